The topological polar surface area (TPSA) is 29.4 Å². The maximum atomic E-state index is 13.8. The Hall–Kier alpha value is -1.10. The van der Waals surface area contributed by atoms with Crippen LogP contribution in [0, 0.1) is 12.7 Å². The zero-order valence-electron chi connectivity index (χ0n) is 11.0. The first-order chi connectivity index (χ1) is 8.27. The summed E-state index contributed by atoms with van der Waals surface area (Å²) < 4.78 is 41.9. The van der Waals surface area contributed by atoms with Gasteiger partial charge in [0.05, 0.1) is 10.5 Å². The summed E-state index contributed by atoms with van der Waals surface area (Å²) in [6.07, 6.45) is 0. The van der Waals surface area contributed by atoms with E-state index < -0.39 is 28.2 Å². The molecule has 1 aromatic rings. The molecule has 0 amide bonds. The van der Waals surface area contributed by atoms with Crippen LogP contribution in [-0.2, 0) is 11.0 Å². The first-order valence-corrected chi connectivity index (χ1v) is 6.69. The summed E-state index contributed by atoms with van der Waals surface area (Å²) in [7, 11) is -1.60. The van der Waals surface area contributed by atoms with Gasteiger partial charge in [0.15, 0.2) is 0 Å². The van der Waals surface area contributed by atoms with Gasteiger partial charge in [0, 0.05) is 5.56 Å². The monoisotopic (exact) mass is 273 g/mol. The summed E-state index contributed by atoms with van der Waals surface area (Å²) in [5, 5.41) is 0. The van der Waals surface area contributed by atoms with Crippen LogP contribution in [0.3, 0.4) is 0 Å². The predicted octanol–water partition coefficient (Wildman–Crippen LogP) is 3.35. The number of rotatable bonds is 3. The Bertz CT molecular complexity index is 492. The van der Waals surface area contributed by atoms with Crippen LogP contribution in [0.25, 0.3) is 0 Å². The molecular formula is C13H17F2NOS. The maximum absolute atomic E-state index is 13.8. The minimum Gasteiger partial charge on any atom is -0.244 e. The van der Waals surface area contributed by atoms with E-state index in [2.05, 4.69) is 4.40 Å². The Labute approximate surface area is 109 Å². The first-order valence-electron chi connectivity index (χ1n) is 5.58. The summed E-state index contributed by atoms with van der Waals surface area (Å²) in [5.74, 6) is -0.514. The molecule has 0 saturated carbocycles. The Morgan fingerprint density at radius 2 is 2.00 bits per heavy atom. The van der Waals surface area contributed by atoms with Crippen molar-refractivity contribution in [1.82, 2.24) is 0 Å². The fraction of sp³-hybridized carbons (Fsp3) is 0.462. The summed E-state index contributed by atoms with van der Waals surface area (Å²) in [6.45, 7) is 5.84. The predicted molar refractivity (Wildman–Crippen MR) is 71.5 cm³/mol. The van der Waals surface area contributed by atoms with Crippen LogP contribution in [0.15, 0.2) is 22.6 Å². The quantitative estimate of drug-likeness (QED) is 0.776. The number of aryl methyl sites for hydroxylation is 1. The second-order valence-corrected chi connectivity index (χ2v) is 6.88. The highest BCUT2D eigenvalue weighted by Gasteiger charge is 2.21. The van der Waals surface area contributed by atoms with E-state index in [0.717, 1.165) is 0 Å². The van der Waals surface area contributed by atoms with Crippen molar-refractivity contribution in [2.24, 2.45) is 4.40 Å². The molecule has 0 aliphatic carbocycles. The molecule has 5 heteroatoms. The Kier molecular flexibility index (Phi) is 4.73. The van der Waals surface area contributed by atoms with Crippen LogP contribution in [0.1, 0.15) is 31.9 Å². The molecule has 2 nitrogen and oxygen atoms in total. The van der Waals surface area contributed by atoms with Crippen LogP contribution in [0.2, 0.25) is 0 Å². The molecule has 1 rings (SSSR count). The highest BCUT2D eigenvalue weighted by molar-refractivity contribution is 7.85. The molecule has 0 radical (unpaired) electrons. The molecule has 0 spiro atoms. The summed E-state index contributed by atoms with van der Waals surface area (Å²) in [5.41, 5.74) is 0.384. The highest BCUT2D eigenvalue weighted by atomic mass is 32.2. The standard InChI is InChI=1S/C13H17F2NOS/c1-9-6-5-7-10(12(9)15)11(8-14)16-18(17)13(2,3)4/h5-7H,8H2,1-4H3/t18-/m1/s1. The van der Waals surface area contributed by atoms with Crippen molar-refractivity contribution in [2.45, 2.75) is 32.4 Å². The lowest BCUT2D eigenvalue weighted by atomic mass is 10.1. The highest BCUT2D eigenvalue weighted by Crippen LogP contribution is 2.17. The van der Waals surface area contributed by atoms with Crippen LogP contribution in [0.5, 0.6) is 0 Å². The Morgan fingerprint density at radius 1 is 1.39 bits per heavy atom. The average molecular weight is 273 g/mol. The van der Waals surface area contributed by atoms with E-state index in [1.54, 1.807) is 39.8 Å². The van der Waals surface area contributed by atoms with Crippen molar-refractivity contribution in [3.63, 3.8) is 0 Å². The molecule has 0 saturated heterocycles. The third kappa shape index (κ3) is 3.45. The second kappa shape index (κ2) is 5.69. The van der Waals surface area contributed by atoms with E-state index in [1.807, 2.05) is 0 Å². The van der Waals surface area contributed by atoms with Crippen LogP contribution in [-0.4, -0.2) is 21.3 Å². The molecule has 1 atom stereocenters. The molecule has 0 aliphatic rings. The minimum atomic E-state index is -1.60. The lowest BCUT2D eigenvalue weighted by Crippen LogP contribution is -2.22. The molecule has 0 heterocycles. The summed E-state index contributed by atoms with van der Waals surface area (Å²) in [6, 6.07) is 4.66. The van der Waals surface area contributed by atoms with Gasteiger partial charge in [-0.1, -0.05) is 18.2 Å². The van der Waals surface area contributed by atoms with E-state index in [4.69, 9.17) is 0 Å². The lowest BCUT2D eigenvalue weighted by Gasteiger charge is -2.14. The molecular weight excluding hydrogens is 256 g/mol. The smallest absolute Gasteiger partial charge is 0.145 e. The van der Waals surface area contributed by atoms with Gasteiger partial charge in [-0.25, -0.2) is 13.0 Å². The van der Waals surface area contributed by atoms with Gasteiger partial charge in [-0.3, -0.25) is 0 Å². The van der Waals surface area contributed by atoms with Gasteiger partial charge < -0.3 is 0 Å². The Morgan fingerprint density at radius 3 is 2.50 bits per heavy atom. The molecule has 100 valence electrons. The summed E-state index contributed by atoms with van der Waals surface area (Å²) in [4.78, 5) is 0. The molecule has 1 aromatic carbocycles. The zero-order chi connectivity index (χ0) is 13.9. The van der Waals surface area contributed by atoms with E-state index in [1.165, 1.54) is 6.07 Å². The van der Waals surface area contributed by atoms with Crippen LogP contribution >= 0.6 is 0 Å². The zero-order valence-corrected chi connectivity index (χ0v) is 11.8. The average Bonchev–Trinajstić information content (AvgIpc) is 2.28. The van der Waals surface area contributed by atoms with E-state index in [0.29, 0.717) is 5.56 Å². The SMILES string of the molecule is Cc1cccc(C(CF)=N[S@](=O)C(C)(C)C)c1F. The van der Waals surface area contributed by atoms with Crippen molar-refractivity contribution >= 4 is 16.7 Å². The van der Waals surface area contributed by atoms with Gasteiger partial charge in [-0.05, 0) is 33.3 Å². The van der Waals surface area contributed by atoms with E-state index >= 15 is 0 Å². The maximum Gasteiger partial charge on any atom is 0.145 e. The minimum absolute atomic E-state index is 0.0788. The van der Waals surface area contributed by atoms with Crippen LogP contribution in [0.4, 0.5) is 8.78 Å². The van der Waals surface area contributed by atoms with Gasteiger partial charge >= 0.3 is 0 Å². The Balaban J connectivity index is 3.23. The number of hydrogen-bond donors (Lipinski definition) is 0. The fourth-order valence-corrected chi connectivity index (χ4v) is 1.87. The number of nitrogens with zero attached hydrogens (tertiary/aromatic N) is 1. The largest absolute Gasteiger partial charge is 0.244 e. The normalized spacial score (nSPS) is 14.7. The third-order valence-corrected chi connectivity index (χ3v) is 3.78. The van der Waals surface area contributed by atoms with Crippen molar-refractivity contribution in [1.29, 1.82) is 0 Å². The summed E-state index contributed by atoms with van der Waals surface area (Å²) >= 11 is 0. The van der Waals surface area contributed by atoms with Gasteiger partial charge in [0.25, 0.3) is 0 Å². The van der Waals surface area contributed by atoms with Gasteiger partial charge in [0.2, 0.25) is 0 Å². The first kappa shape index (κ1) is 15.0. The molecule has 18 heavy (non-hydrogen) atoms. The van der Waals surface area contributed by atoms with Gasteiger partial charge in [-0.15, -0.1) is 0 Å². The molecule has 0 aliphatic heterocycles. The number of hydrogen-bond acceptors (Lipinski definition) is 1. The van der Waals surface area contributed by atoms with Crippen LogP contribution < -0.4 is 0 Å². The molecule has 0 bridgehead atoms. The number of alkyl halides is 1. The van der Waals surface area contributed by atoms with E-state index in [-0.39, 0.29) is 11.3 Å². The van der Waals surface area contributed by atoms with E-state index in [9.17, 15) is 13.0 Å². The molecule has 0 unspecified atom stereocenters. The van der Waals surface area contributed by atoms with Crippen molar-refractivity contribution in [3.05, 3.63) is 35.1 Å². The molecule has 0 aromatic heterocycles. The molecule has 0 N–H and O–H groups in total. The van der Waals surface area contributed by atoms with Crippen molar-refractivity contribution < 1.29 is 13.0 Å². The fourth-order valence-electron chi connectivity index (χ4n) is 1.25. The van der Waals surface area contributed by atoms with Gasteiger partial charge in [-0.2, -0.15) is 4.40 Å². The number of halogens is 2. The third-order valence-electron chi connectivity index (χ3n) is 2.35. The van der Waals surface area contributed by atoms with Crippen molar-refractivity contribution in [2.75, 3.05) is 6.67 Å². The lowest BCUT2D eigenvalue weighted by molar-refractivity contribution is 0.575. The molecule has 0 fully saturated rings. The van der Waals surface area contributed by atoms with Gasteiger partial charge in [0.1, 0.15) is 23.5 Å². The number of benzene rings is 1. The second-order valence-electron chi connectivity index (χ2n) is 4.97. The van der Waals surface area contributed by atoms with Crippen molar-refractivity contribution in [3.8, 4) is 0 Å².